The molecule has 0 bridgehead atoms. The molecule has 1 amide bonds. The molecule has 0 fully saturated rings. The standard InChI is InChI=1S/C25H26N2O4S/c1-4-30-14-13-27-23-20(31-5-2)11-8-12-22(23)32-25(27)26-24(28)19-15-17-9-6-7-10-18(17)16-21(19)29-3/h6-12,15-16H,4-5,13-14H2,1-3H3. The molecule has 0 aliphatic carbocycles. The van der Waals surface area contributed by atoms with Gasteiger partial charge in [0.2, 0.25) is 0 Å². The molecule has 0 spiro atoms. The molecule has 0 radical (unpaired) electrons. The Morgan fingerprint density at radius 3 is 2.50 bits per heavy atom. The van der Waals surface area contributed by atoms with Crippen LogP contribution in [0.3, 0.4) is 0 Å². The second kappa shape index (κ2) is 9.97. The van der Waals surface area contributed by atoms with Crippen molar-refractivity contribution in [1.82, 2.24) is 4.57 Å². The summed E-state index contributed by atoms with van der Waals surface area (Å²) in [7, 11) is 1.57. The maximum Gasteiger partial charge on any atom is 0.283 e. The normalized spacial score (nSPS) is 11.9. The molecule has 32 heavy (non-hydrogen) atoms. The topological polar surface area (TPSA) is 62.1 Å². The number of nitrogens with zero attached hydrogens (tertiary/aromatic N) is 2. The molecule has 0 atom stereocenters. The molecule has 0 aliphatic rings. The summed E-state index contributed by atoms with van der Waals surface area (Å²) in [5.74, 6) is 0.937. The minimum Gasteiger partial charge on any atom is -0.496 e. The fourth-order valence-electron chi connectivity index (χ4n) is 3.66. The van der Waals surface area contributed by atoms with Gasteiger partial charge in [-0.2, -0.15) is 4.99 Å². The zero-order valence-corrected chi connectivity index (χ0v) is 19.3. The number of methoxy groups -OCH3 is 1. The second-order valence-corrected chi connectivity index (χ2v) is 8.09. The summed E-state index contributed by atoms with van der Waals surface area (Å²) in [6.07, 6.45) is 0. The number of ether oxygens (including phenoxy) is 3. The number of aromatic nitrogens is 1. The fraction of sp³-hybridized carbons (Fsp3) is 0.280. The lowest BCUT2D eigenvalue weighted by Crippen LogP contribution is -2.20. The van der Waals surface area contributed by atoms with Gasteiger partial charge in [-0.1, -0.05) is 41.7 Å². The Morgan fingerprint density at radius 2 is 1.78 bits per heavy atom. The first-order valence-corrected chi connectivity index (χ1v) is 11.5. The van der Waals surface area contributed by atoms with Crippen LogP contribution in [0.2, 0.25) is 0 Å². The zero-order chi connectivity index (χ0) is 22.5. The number of benzene rings is 3. The van der Waals surface area contributed by atoms with Gasteiger partial charge in [-0.15, -0.1) is 0 Å². The first kappa shape index (κ1) is 22.0. The molecule has 166 valence electrons. The van der Waals surface area contributed by atoms with Crippen LogP contribution in [0.5, 0.6) is 11.5 Å². The third-order valence-electron chi connectivity index (χ3n) is 5.12. The first-order chi connectivity index (χ1) is 15.7. The van der Waals surface area contributed by atoms with Crippen LogP contribution in [0.15, 0.2) is 59.6 Å². The highest BCUT2D eigenvalue weighted by molar-refractivity contribution is 7.16. The molecule has 4 rings (SSSR count). The molecule has 0 saturated heterocycles. The highest BCUT2D eigenvalue weighted by atomic mass is 32.1. The van der Waals surface area contributed by atoms with Crippen molar-refractivity contribution in [2.24, 2.45) is 4.99 Å². The third kappa shape index (κ3) is 4.40. The van der Waals surface area contributed by atoms with Crippen molar-refractivity contribution < 1.29 is 19.0 Å². The Hall–Kier alpha value is -3.16. The molecule has 0 N–H and O–H groups in total. The van der Waals surface area contributed by atoms with Crippen molar-refractivity contribution in [1.29, 1.82) is 0 Å². The summed E-state index contributed by atoms with van der Waals surface area (Å²) >= 11 is 1.46. The second-order valence-electron chi connectivity index (χ2n) is 7.09. The monoisotopic (exact) mass is 450 g/mol. The van der Waals surface area contributed by atoms with Gasteiger partial charge < -0.3 is 18.8 Å². The van der Waals surface area contributed by atoms with Crippen molar-refractivity contribution >= 4 is 38.2 Å². The molecule has 6 nitrogen and oxygen atoms in total. The fourth-order valence-corrected chi connectivity index (χ4v) is 4.74. The number of fused-ring (bicyclic) bond motifs is 2. The van der Waals surface area contributed by atoms with E-state index in [4.69, 9.17) is 14.2 Å². The molecule has 7 heteroatoms. The van der Waals surface area contributed by atoms with Crippen molar-refractivity contribution in [3.05, 3.63) is 65.0 Å². The summed E-state index contributed by atoms with van der Waals surface area (Å²) in [4.78, 5) is 18.4. The molecule has 4 aromatic rings. The van der Waals surface area contributed by atoms with Gasteiger partial charge in [0.15, 0.2) is 4.80 Å². The number of thiazole rings is 1. The Bertz CT molecular complexity index is 1320. The van der Waals surface area contributed by atoms with E-state index in [1.165, 1.54) is 11.3 Å². The number of hydrogen-bond acceptors (Lipinski definition) is 5. The Morgan fingerprint density at radius 1 is 1.00 bits per heavy atom. The minimum absolute atomic E-state index is 0.345. The minimum atomic E-state index is -0.345. The highest BCUT2D eigenvalue weighted by Gasteiger charge is 2.16. The lowest BCUT2D eigenvalue weighted by atomic mass is 10.1. The van der Waals surface area contributed by atoms with Crippen molar-refractivity contribution in [2.75, 3.05) is 26.9 Å². The van der Waals surface area contributed by atoms with Gasteiger partial charge in [-0.05, 0) is 48.9 Å². The van der Waals surface area contributed by atoms with E-state index in [1.54, 1.807) is 7.11 Å². The van der Waals surface area contributed by atoms with Gasteiger partial charge in [0.25, 0.3) is 5.91 Å². The van der Waals surface area contributed by atoms with Crippen molar-refractivity contribution in [3.8, 4) is 11.5 Å². The summed E-state index contributed by atoms with van der Waals surface area (Å²) in [5.41, 5.74) is 1.36. The van der Waals surface area contributed by atoms with Crippen LogP contribution in [0, 0.1) is 0 Å². The summed E-state index contributed by atoms with van der Waals surface area (Å²) in [6, 6.07) is 17.5. The molecule has 3 aromatic carbocycles. The van der Waals surface area contributed by atoms with E-state index in [1.807, 2.05) is 73.0 Å². The summed E-state index contributed by atoms with van der Waals surface area (Å²) < 4.78 is 20.0. The Labute approximate surface area is 190 Å². The number of carbonyl (C=O) groups is 1. The molecule has 0 aliphatic heterocycles. The van der Waals surface area contributed by atoms with Crippen LogP contribution in [0.25, 0.3) is 21.0 Å². The Kier molecular flexibility index (Phi) is 6.87. The lowest BCUT2D eigenvalue weighted by molar-refractivity contribution is 0.0994. The highest BCUT2D eigenvalue weighted by Crippen LogP contribution is 2.29. The van der Waals surface area contributed by atoms with Crippen molar-refractivity contribution in [3.63, 3.8) is 0 Å². The van der Waals surface area contributed by atoms with E-state index in [9.17, 15) is 4.79 Å². The van der Waals surface area contributed by atoms with Gasteiger partial charge in [0, 0.05) is 13.2 Å². The largest absolute Gasteiger partial charge is 0.496 e. The maximum atomic E-state index is 13.3. The van der Waals surface area contributed by atoms with E-state index in [0.29, 0.717) is 42.5 Å². The van der Waals surface area contributed by atoms with Crippen LogP contribution in [0.4, 0.5) is 0 Å². The van der Waals surface area contributed by atoms with E-state index in [0.717, 1.165) is 26.7 Å². The van der Waals surface area contributed by atoms with Crippen molar-refractivity contribution in [2.45, 2.75) is 20.4 Å². The lowest BCUT2D eigenvalue weighted by Gasteiger charge is -2.10. The van der Waals surface area contributed by atoms with E-state index in [-0.39, 0.29) is 5.91 Å². The van der Waals surface area contributed by atoms with Crippen LogP contribution in [0.1, 0.15) is 24.2 Å². The number of rotatable bonds is 8. The van der Waals surface area contributed by atoms with E-state index < -0.39 is 0 Å². The van der Waals surface area contributed by atoms with Gasteiger partial charge in [0.1, 0.15) is 17.0 Å². The Balaban J connectivity index is 1.86. The smallest absolute Gasteiger partial charge is 0.283 e. The number of amides is 1. The number of hydrogen-bond donors (Lipinski definition) is 0. The molecular formula is C25H26N2O4S. The van der Waals surface area contributed by atoms with Crippen LogP contribution in [-0.2, 0) is 11.3 Å². The van der Waals surface area contributed by atoms with Crippen LogP contribution in [-0.4, -0.2) is 37.4 Å². The van der Waals surface area contributed by atoms with Crippen LogP contribution >= 0.6 is 11.3 Å². The SMILES string of the molecule is CCOCCn1c(=NC(=O)c2cc3ccccc3cc2OC)sc2cccc(OCC)c21. The first-order valence-electron chi connectivity index (χ1n) is 10.6. The van der Waals surface area contributed by atoms with E-state index in [2.05, 4.69) is 4.99 Å². The average molecular weight is 451 g/mol. The summed E-state index contributed by atoms with van der Waals surface area (Å²) in [6.45, 7) is 6.18. The number of para-hydroxylation sites is 1. The number of carbonyl (C=O) groups excluding carboxylic acids is 1. The molecule has 1 aromatic heterocycles. The summed E-state index contributed by atoms with van der Waals surface area (Å²) in [5, 5.41) is 1.97. The van der Waals surface area contributed by atoms with Gasteiger partial charge in [-0.3, -0.25) is 4.79 Å². The average Bonchev–Trinajstić information content (AvgIpc) is 3.16. The zero-order valence-electron chi connectivity index (χ0n) is 18.5. The van der Waals surface area contributed by atoms with Gasteiger partial charge in [0.05, 0.1) is 30.6 Å². The quantitative estimate of drug-likeness (QED) is 0.353. The third-order valence-corrected chi connectivity index (χ3v) is 6.17. The predicted octanol–water partition coefficient (Wildman–Crippen LogP) is 5.04. The predicted molar refractivity (Wildman–Crippen MR) is 128 cm³/mol. The molecular weight excluding hydrogens is 424 g/mol. The molecule has 1 heterocycles. The van der Waals surface area contributed by atoms with E-state index >= 15 is 0 Å². The van der Waals surface area contributed by atoms with Gasteiger partial charge >= 0.3 is 0 Å². The molecule has 0 unspecified atom stereocenters. The molecule has 0 saturated carbocycles. The van der Waals surface area contributed by atoms with Gasteiger partial charge in [-0.25, -0.2) is 0 Å². The maximum absolute atomic E-state index is 13.3. The van der Waals surface area contributed by atoms with Crippen LogP contribution < -0.4 is 14.3 Å².